The highest BCUT2D eigenvalue weighted by molar-refractivity contribution is 6.31. The summed E-state index contributed by atoms with van der Waals surface area (Å²) in [6, 6.07) is 8.61. The van der Waals surface area contributed by atoms with Crippen LogP contribution in [-0.2, 0) is 29.5 Å². The maximum absolute atomic E-state index is 13.8. The number of aromatic nitrogens is 2. The van der Waals surface area contributed by atoms with E-state index >= 15 is 0 Å². The number of nitrogens with zero attached hydrogens (tertiary/aromatic N) is 6. The van der Waals surface area contributed by atoms with Crippen molar-refractivity contribution in [2.75, 3.05) is 38.1 Å². The van der Waals surface area contributed by atoms with Crippen LogP contribution in [0, 0.1) is 11.3 Å². The summed E-state index contributed by atoms with van der Waals surface area (Å²) in [4.78, 5) is 28.5. The summed E-state index contributed by atoms with van der Waals surface area (Å²) >= 11 is 6.61. The summed E-state index contributed by atoms with van der Waals surface area (Å²) in [6.07, 6.45) is 6.77. The average Bonchev–Trinajstić information content (AvgIpc) is 3.56. The maximum atomic E-state index is 13.8. The Bertz CT molecular complexity index is 1440. The number of hydrogen-bond donors (Lipinski definition) is 0. The number of halogens is 2. The number of hydrogen-bond acceptors (Lipinski definition) is 7. The molecule has 4 aliphatic rings. The van der Waals surface area contributed by atoms with Crippen LogP contribution in [-0.4, -0.2) is 77.1 Å². The zero-order chi connectivity index (χ0) is 29.6. The monoisotopic (exact) mass is 592 g/mol. The molecule has 0 saturated carbocycles. The lowest BCUT2D eigenvalue weighted by atomic mass is 9.69. The largest absolute Gasteiger partial charge is 0.459 e. The first-order chi connectivity index (χ1) is 20.2. The first-order valence-electron chi connectivity index (χ1n) is 15.0. The van der Waals surface area contributed by atoms with Crippen molar-refractivity contribution >= 4 is 23.3 Å². The molecule has 222 valence electrons. The molecule has 2 fully saturated rings. The lowest BCUT2D eigenvalue weighted by Gasteiger charge is -2.43. The number of ether oxygens (including phenoxy) is 1. The molecule has 2 aromatic rings. The molecule has 2 aliphatic carbocycles. The van der Waals surface area contributed by atoms with Crippen molar-refractivity contribution in [2.24, 2.45) is 0 Å². The number of carbonyl (C=O) groups excluding carboxylic acids is 1. The van der Waals surface area contributed by atoms with Gasteiger partial charge in [-0.05, 0) is 82.7 Å². The molecule has 8 nitrogen and oxygen atoms in total. The van der Waals surface area contributed by atoms with Gasteiger partial charge in [0.15, 0.2) is 5.83 Å². The number of likely N-dealkylation sites (N-methyl/N-ethyl adjacent to an activating group) is 1. The molecule has 4 atom stereocenters. The number of fused-ring (bicyclic) bond motifs is 3. The fraction of sp³-hybridized carbons (Fsp3) is 0.562. The van der Waals surface area contributed by atoms with Crippen molar-refractivity contribution < 1.29 is 13.9 Å². The van der Waals surface area contributed by atoms with Crippen molar-refractivity contribution in [2.45, 2.75) is 81.9 Å². The highest BCUT2D eigenvalue weighted by Gasteiger charge is 2.44. The number of nitriles is 1. The predicted octanol–water partition coefficient (Wildman–Crippen LogP) is 4.78. The Hall–Kier alpha value is -3.22. The first-order valence-corrected chi connectivity index (χ1v) is 15.4. The second-order valence-electron chi connectivity index (χ2n) is 12.4. The first kappa shape index (κ1) is 28.9. The minimum Gasteiger partial charge on any atom is -0.459 e. The van der Waals surface area contributed by atoms with E-state index in [1.54, 1.807) is 0 Å². The Balaban J connectivity index is 1.36. The van der Waals surface area contributed by atoms with E-state index in [9.17, 15) is 14.4 Å². The Morgan fingerprint density at radius 3 is 2.76 bits per heavy atom. The van der Waals surface area contributed by atoms with Crippen LogP contribution in [0.4, 0.5) is 10.2 Å². The topological polar surface area (TPSA) is 85.6 Å². The number of piperazine rings is 1. The molecule has 2 aliphatic heterocycles. The van der Waals surface area contributed by atoms with Gasteiger partial charge in [0.2, 0.25) is 0 Å². The van der Waals surface area contributed by atoms with Crippen molar-refractivity contribution in [3.63, 3.8) is 0 Å². The smallest absolute Gasteiger partial charge is 0.318 e. The Morgan fingerprint density at radius 1 is 1.26 bits per heavy atom. The van der Waals surface area contributed by atoms with Crippen LogP contribution in [0.25, 0.3) is 0 Å². The van der Waals surface area contributed by atoms with Gasteiger partial charge in [-0.2, -0.15) is 15.2 Å². The van der Waals surface area contributed by atoms with E-state index in [1.165, 1.54) is 16.0 Å². The van der Waals surface area contributed by atoms with Crippen LogP contribution in [0.1, 0.15) is 61.4 Å². The van der Waals surface area contributed by atoms with Gasteiger partial charge >= 0.3 is 6.01 Å². The third kappa shape index (κ3) is 5.13. The van der Waals surface area contributed by atoms with Crippen LogP contribution < -0.4 is 9.64 Å². The molecule has 1 spiro atoms. The molecule has 1 amide bonds. The van der Waals surface area contributed by atoms with Gasteiger partial charge in [-0.25, -0.2) is 4.39 Å². The fourth-order valence-electron chi connectivity index (χ4n) is 7.76. The second-order valence-corrected chi connectivity index (χ2v) is 12.8. The number of rotatable bonds is 6. The van der Waals surface area contributed by atoms with Crippen molar-refractivity contribution in [1.82, 2.24) is 19.8 Å². The molecule has 6 rings (SSSR count). The van der Waals surface area contributed by atoms with E-state index in [-0.39, 0.29) is 24.5 Å². The van der Waals surface area contributed by atoms with Gasteiger partial charge in [0.25, 0.3) is 5.91 Å². The molecule has 0 radical (unpaired) electrons. The molecule has 1 unspecified atom stereocenters. The Kier molecular flexibility index (Phi) is 7.88. The van der Waals surface area contributed by atoms with Crippen LogP contribution >= 0.6 is 11.6 Å². The van der Waals surface area contributed by atoms with Crippen molar-refractivity contribution in [1.29, 1.82) is 5.26 Å². The quantitative estimate of drug-likeness (QED) is 0.446. The summed E-state index contributed by atoms with van der Waals surface area (Å²) in [5.74, 6) is -0.955. The Labute approximate surface area is 252 Å². The predicted molar refractivity (Wildman–Crippen MR) is 159 cm³/mol. The number of carbonyl (C=O) groups is 1. The van der Waals surface area contributed by atoms with E-state index in [2.05, 4.69) is 42.5 Å². The summed E-state index contributed by atoms with van der Waals surface area (Å²) in [5.41, 5.74) is 4.65. The normalized spacial score (nSPS) is 26.1. The van der Waals surface area contributed by atoms with Crippen LogP contribution in [0.2, 0.25) is 5.02 Å². The molecule has 10 heteroatoms. The summed E-state index contributed by atoms with van der Waals surface area (Å²) in [6.45, 7) is 7.45. The SMILES string of the molecule is C=C(F)C(=O)N1CCN(c2nc(OC(C)[C@@H]3CCCN3C)nc3c2CC[C@@]2(CCc4c(Cl)cccc42)C3)C[C@@H]1CC#N. The van der Waals surface area contributed by atoms with Crippen LogP contribution in [0.5, 0.6) is 6.01 Å². The second kappa shape index (κ2) is 11.5. The van der Waals surface area contributed by atoms with E-state index < -0.39 is 17.8 Å². The number of benzene rings is 1. The number of amides is 1. The van der Waals surface area contributed by atoms with Gasteiger partial charge in [0, 0.05) is 41.7 Å². The fourth-order valence-corrected chi connectivity index (χ4v) is 8.03. The maximum Gasteiger partial charge on any atom is 0.318 e. The van der Waals surface area contributed by atoms with Gasteiger partial charge < -0.3 is 14.5 Å². The third-order valence-electron chi connectivity index (χ3n) is 9.97. The van der Waals surface area contributed by atoms with E-state index in [4.69, 9.17) is 26.3 Å². The van der Waals surface area contributed by atoms with Gasteiger partial charge in [-0.3, -0.25) is 9.69 Å². The molecule has 0 bridgehead atoms. The van der Waals surface area contributed by atoms with Crippen molar-refractivity contribution in [3.05, 3.63) is 58.0 Å². The van der Waals surface area contributed by atoms with Gasteiger partial charge in [0.1, 0.15) is 11.9 Å². The highest BCUT2D eigenvalue weighted by atomic mass is 35.5. The lowest BCUT2D eigenvalue weighted by molar-refractivity contribution is -0.131. The van der Waals surface area contributed by atoms with E-state index in [0.29, 0.717) is 25.1 Å². The molecular formula is C32H38ClFN6O2. The molecule has 0 N–H and O–H groups in total. The molecule has 1 aromatic heterocycles. The summed E-state index contributed by atoms with van der Waals surface area (Å²) < 4.78 is 20.3. The number of likely N-dealkylation sites (tertiary alicyclic amines) is 1. The zero-order valence-electron chi connectivity index (χ0n) is 24.4. The molecular weight excluding hydrogens is 555 g/mol. The Morgan fingerprint density at radius 2 is 2.05 bits per heavy atom. The number of anilines is 1. The minimum absolute atomic E-state index is 0.0244. The van der Waals surface area contributed by atoms with Crippen LogP contribution in [0.3, 0.4) is 0 Å². The third-order valence-corrected chi connectivity index (χ3v) is 10.3. The summed E-state index contributed by atoms with van der Waals surface area (Å²) in [5, 5.41) is 10.3. The lowest BCUT2D eigenvalue weighted by Crippen LogP contribution is -2.55. The van der Waals surface area contributed by atoms with Gasteiger partial charge in [-0.1, -0.05) is 30.3 Å². The van der Waals surface area contributed by atoms with E-state index in [0.717, 1.165) is 73.6 Å². The van der Waals surface area contributed by atoms with Crippen molar-refractivity contribution in [3.8, 4) is 12.1 Å². The summed E-state index contributed by atoms with van der Waals surface area (Å²) in [7, 11) is 2.13. The standard InChI is InChI=1S/C32H38ClFN6O2/c1-20(34)30(41)40-17-16-39(19-22(40)11-14-35)29-24-10-13-32(12-9-23-25(32)6-4-7-26(23)33)18-27(24)36-31(37-29)42-21(2)28-8-5-15-38(28)3/h4,6-7,21-22,28H,1,5,8-13,15-19H2,2-3H3/t21?,22-,28-,32-/m0/s1. The molecule has 2 saturated heterocycles. The highest BCUT2D eigenvalue weighted by Crippen LogP contribution is 2.50. The average molecular weight is 593 g/mol. The minimum atomic E-state index is -1.00. The van der Waals surface area contributed by atoms with Gasteiger partial charge in [-0.15, -0.1) is 0 Å². The van der Waals surface area contributed by atoms with Gasteiger partial charge in [0.05, 0.1) is 24.2 Å². The zero-order valence-corrected chi connectivity index (χ0v) is 25.2. The molecule has 3 heterocycles. The van der Waals surface area contributed by atoms with E-state index in [1.807, 2.05) is 12.1 Å². The molecule has 42 heavy (non-hydrogen) atoms. The molecule has 1 aromatic carbocycles. The van der Waals surface area contributed by atoms with Crippen LogP contribution in [0.15, 0.2) is 30.6 Å².